The molecule has 0 aliphatic heterocycles. The van der Waals surface area contributed by atoms with Gasteiger partial charge in [0.2, 0.25) is 0 Å². The maximum atomic E-state index is 11.9. The summed E-state index contributed by atoms with van der Waals surface area (Å²) >= 11 is 0. The van der Waals surface area contributed by atoms with Crippen LogP contribution in [0.3, 0.4) is 0 Å². The largest absolute Gasteiger partial charge is 0.392 e. The summed E-state index contributed by atoms with van der Waals surface area (Å²) in [5, 5.41) is 10.9. The van der Waals surface area contributed by atoms with E-state index in [1.165, 1.54) is 31.3 Å². The first-order valence-corrected chi connectivity index (χ1v) is 9.82. The van der Waals surface area contributed by atoms with Crippen molar-refractivity contribution in [2.24, 2.45) is 34.5 Å². The van der Waals surface area contributed by atoms with Gasteiger partial charge in [0.1, 0.15) is 0 Å². The fourth-order valence-electron chi connectivity index (χ4n) is 7.10. The van der Waals surface area contributed by atoms with E-state index in [0.29, 0.717) is 17.6 Å². The van der Waals surface area contributed by atoms with Gasteiger partial charge < -0.3 is 5.11 Å². The van der Waals surface area contributed by atoms with E-state index in [1.807, 2.05) is 6.08 Å². The molecule has 0 heterocycles. The molecule has 0 saturated heterocycles. The van der Waals surface area contributed by atoms with Crippen molar-refractivity contribution in [1.29, 1.82) is 0 Å². The molecule has 2 heteroatoms. The fourth-order valence-corrected chi connectivity index (χ4v) is 7.10. The van der Waals surface area contributed by atoms with E-state index in [4.69, 9.17) is 0 Å². The van der Waals surface area contributed by atoms with Crippen molar-refractivity contribution in [3.8, 4) is 0 Å². The van der Waals surface area contributed by atoms with Gasteiger partial charge in [-0.05, 0) is 79.1 Å². The molecule has 0 bridgehead atoms. The fraction of sp³-hybridized carbons (Fsp3) is 0.857. The van der Waals surface area contributed by atoms with E-state index in [9.17, 15) is 9.90 Å². The van der Waals surface area contributed by atoms with E-state index in [1.54, 1.807) is 0 Å². The maximum absolute atomic E-state index is 11.9. The van der Waals surface area contributed by atoms with Gasteiger partial charge in [0.05, 0.1) is 6.10 Å². The van der Waals surface area contributed by atoms with Gasteiger partial charge in [0.15, 0.2) is 5.78 Å². The first kappa shape index (κ1) is 15.9. The van der Waals surface area contributed by atoms with Gasteiger partial charge in [-0.15, -0.1) is 0 Å². The predicted molar refractivity (Wildman–Crippen MR) is 91.9 cm³/mol. The minimum absolute atomic E-state index is 0.101. The molecule has 0 aromatic rings. The van der Waals surface area contributed by atoms with E-state index in [2.05, 4.69) is 20.8 Å². The highest BCUT2D eigenvalue weighted by atomic mass is 16.3. The van der Waals surface area contributed by atoms with Crippen LogP contribution in [0.15, 0.2) is 11.6 Å². The Balaban J connectivity index is 1.67. The Morgan fingerprint density at radius 3 is 2.70 bits per heavy atom. The summed E-state index contributed by atoms with van der Waals surface area (Å²) in [6.07, 6.45) is 10.8. The smallest absolute Gasteiger partial charge is 0.155 e. The number of fused-ring (bicyclic) bond motifs is 5. The van der Waals surface area contributed by atoms with Crippen LogP contribution in [0.4, 0.5) is 0 Å². The molecule has 3 fully saturated rings. The molecule has 4 aliphatic carbocycles. The molecule has 0 spiro atoms. The van der Waals surface area contributed by atoms with Crippen LogP contribution in [0.1, 0.15) is 72.1 Å². The quantitative estimate of drug-likeness (QED) is 0.772. The highest BCUT2D eigenvalue weighted by molar-refractivity contribution is 5.91. The SMILES string of the molecule is CCC1C[C@H]2[C@@H]3CCC4=CC(=O)CC[C@]4(C)[C@H]3CC[C@]2(C)[C@H]1O. The lowest BCUT2D eigenvalue weighted by molar-refractivity contribution is -0.118. The molecule has 0 radical (unpaired) electrons. The number of aliphatic hydroxyl groups is 1. The van der Waals surface area contributed by atoms with Gasteiger partial charge in [-0.25, -0.2) is 0 Å². The predicted octanol–water partition coefficient (Wildman–Crippen LogP) is 4.52. The Hall–Kier alpha value is -0.630. The Bertz CT molecular complexity index is 550. The van der Waals surface area contributed by atoms with Crippen LogP contribution in [-0.2, 0) is 4.79 Å². The van der Waals surface area contributed by atoms with Crippen molar-refractivity contribution in [1.82, 2.24) is 0 Å². The highest BCUT2D eigenvalue weighted by Gasteiger charge is 2.60. The second kappa shape index (κ2) is 5.18. The average molecular weight is 316 g/mol. The van der Waals surface area contributed by atoms with Gasteiger partial charge in [-0.2, -0.15) is 0 Å². The average Bonchev–Trinajstić information content (AvgIpc) is 2.79. The maximum Gasteiger partial charge on any atom is 0.155 e. The van der Waals surface area contributed by atoms with Crippen LogP contribution in [0.25, 0.3) is 0 Å². The summed E-state index contributed by atoms with van der Waals surface area (Å²) in [6, 6.07) is 0. The Morgan fingerprint density at radius 2 is 1.96 bits per heavy atom. The Morgan fingerprint density at radius 1 is 1.17 bits per heavy atom. The zero-order valence-electron chi connectivity index (χ0n) is 15.0. The molecule has 4 aliphatic rings. The van der Waals surface area contributed by atoms with Gasteiger partial charge in [0.25, 0.3) is 0 Å². The van der Waals surface area contributed by atoms with Crippen LogP contribution in [0.2, 0.25) is 0 Å². The van der Waals surface area contributed by atoms with E-state index >= 15 is 0 Å². The topological polar surface area (TPSA) is 37.3 Å². The molecule has 1 N–H and O–H groups in total. The van der Waals surface area contributed by atoms with E-state index in [0.717, 1.165) is 37.5 Å². The van der Waals surface area contributed by atoms with Crippen molar-refractivity contribution in [2.75, 3.05) is 0 Å². The molecule has 0 aromatic carbocycles. The third-order valence-electron chi connectivity index (χ3n) is 8.60. The number of hydrogen-bond donors (Lipinski definition) is 1. The van der Waals surface area contributed by atoms with Crippen LogP contribution < -0.4 is 0 Å². The lowest BCUT2D eigenvalue weighted by Gasteiger charge is -2.57. The number of carbonyl (C=O) groups is 1. The first-order valence-electron chi connectivity index (χ1n) is 9.82. The summed E-state index contributed by atoms with van der Waals surface area (Å²) in [5.74, 6) is 3.03. The first-order chi connectivity index (χ1) is 10.9. The van der Waals surface area contributed by atoms with Crippen LogP contribution in [0.5, 0.6) is 0 Å². The van der Waals surface area contributed by atoms with Crippen LogP contribution in [-0.4, -0.2) is 17.0 Å². The van der Waals surface area contributed by atoms with Crippen LogP contribution >= 0.6 is 0 Å². The molecule has 2 nitrogen and oxygen atoms in total. The molecule has 4 rings (SSSR count). The molecule has 0 aromatic heterocycles. The normalized spacial score (nSPS) is 52.4. The number of ketones is 1. The number of allylic oxidation sites excluding steroid dienone is 1. The second-order valence-electron chi connectivity index (χ2n) is 9.36. The summed E-state index contributed by atoms with van der Waals surface area (Å²) in [5.41, 5.74) is 1.85. The van der Waals surface area contributed by atoms with Gasteiger partial charge >= 0.3 is 0 Å². The molecule has 23 heavy (non-hydrogen) atoms. The summed E-state index contributed by atoms with van der Waals surface area (Å²) in [7, 11) is 0. The minimum atomic E-state index is -0.101. The van der Waals surface area contributed by atoms with Gasteiger partial charge in [-0.3, -0.25) is 4.79 Å². The zero-order valence-corrected chi connectivity index (χ0v) is 15.0. The lowest BCUT2D eigenvalue weighted by Crippen LogP contribution is -2.51. The monoisotopic (exact) mass is 316 g/mol. The molecule has 0 amide bonds. The van der Waals surface area contributed by atoms with Crippen molar-refractivity contribution in [3.05, 3.63) is 11.6 Å². The third-order valence-corrected chi connectivity index (χ3v) is 8.60. The zero-order chi connectivity index (χ0) is 16.4. The van der Waals surface area contributed by atoms with E-state index < -0.39 is 0 Å². The summed E-state index contributed by atoms with van der Waals surface area (Å²) in [6.45, 7) is 7.04. The standard InChI is InChI=1S/C21H32O2/c1-4-13-11-18-16-6-5-14-12-15(22)7-9-20(14,2)17(16)8-10-21(18,3)19(13)23/h12-13,16-19,23H,4-11H2,1-3H3/t13?,16-,17+,18+,19+,20+,21+/m1/s1. The second-order valence-corrected chi connectivity index (χ2v) is 9.36. The highest BCUT2D eigenvalue weighted by Crippen LogP contribution is 2.66. The number of carbonyl (C=O) groups excluding carboxylic acids is 1. The molecule has 1 unspecified atom stereocenters. The van der Waals surface area contributed by atoms with E-state index in [-0.39, 0.29) is 16.9 Å². The van der Waals surface area contributed by atoms with Crippen LogP contribution in [0, 0.1) is 34.5 Å². The summed E-state index contributed by atoms with van der Waals surface area (Å²) < 4.78 is 0. The molecular weight excluding hydrogens is 284 g/mol. The van der Waals surface area contributed by atoms with Crippen molar-refractivity contribution < 1.29 is 9.90 Å². The number of aliphatic hydroxyl groups excluding tert-OH is 1. The van der Waals surface area contributed by atoms with Gasteiger partial charge in [0, 0.05) is 6.42 Å². The molecular formula is C21H32O2. The van der Waals surface area contributed by atoms with Crippen molar-refractivity contribution >= 4 is 5.78 Å². The van der Waals surface area contributed by atoms with Gasteiger partial charge in [-0.1, -0.05) is 32.8 Å². The molecule has 7 atom stereocenters. The number of rotatable bonds is 1. The van der Waals surface area contributed by atoms with Crippen molar-refractivity contribution in [2.45, 2.75) is 78.2 Å². The number of hydrogen-bond acceptors (Lipinski definition) is 2. The van der Waals surface area contributed by atoms with Crippen molar-refractivity contribution in [3.63, 3.8) is 0 Å². The third kappa shape index (κ3) is 2.06. The Labute approximate surface area is 140 Å². The summed E-state index contributed by atoms with van der Waals surface area (Å²) in [4.78, 5) is 11.9. The molecule has 128 valence electrons. The Kier molecular flexibility index (Phi) is 3.58. The molecule has 3 saturated carbocycles. The minimum Gasteiger partial charge on any atom is -0.392 e. The lowest BCUT2D eigenvalue weighted by atomic mass is 9.47.